The number of carbonyl (C=O) groups excluding carboxylic acids is 1. The van der Waals surface area contributed by atoms with Crippen molar-refractivity contribution < 1.29 is 9.90 Å². The smallest absolute Gasteiger partial charge is 0.263 e. The van der Waals surface area contributed by atoms with Gasteiger partial charge in [-0.15, -0.1) is 11.3 Å². The van der Waals surface area contributed by atoms with Gasteiger partial charge >= 0.3 is 0 Å². The van der Waals surface area contributed by atoms with E-state index in [0.29, 0.717) is 15.6 Å². The molecule has 124 valence electrons. The molecule has 0 spiro atoms. The molecule has 0 aliphatic carbocycles. The lowest BCUT2D eigenvalue weighted by atomic mass is 10.00. The van der Waals surface area contributed by atoms with Crippen molar-refractivity contribution in [3.8, 4) is 10.6 Å². The highest BCUT2D eigenvalue weighted by Gasteiger charge is 2.22. The Labute approximate surface area is 145 Å². The molecular formula is C17H21ClN2O2S. The Kier molecular flexibility index (Phi) is 6.16. The van der Waals surface area contributed by atoms with E-state index in [9.17, 15) is 9.90 Å². The fraction of sp³-hybridized carbons (Fsp3) is 0.412. The molecule has 1 heterocycles. The van der Waals surface area contributed by atoms with E-state index in [-0.39, 0.29) is 24.5 Å². The van der Waals surface area contributed by atoms with Crippen molar-refractivity contribution in [2.45, 2.75) is 33.2 Å². The number of hydrogen-bond donors (Lipinski definition) is 2. The van der Waals surface area contributed by atoms with E-state index >= 15 is 0 Å². The summed E-state index contributed by atoms with van der Waals surface area (Å²) in [6.45, 7) is 5.81. The number of benzene rings is 1. The Bertz CT molecular complexity index is 670. The van der Waals surface area contributed by atoms with Gasteiger partial charge in [-0.25, -0.2) is 4.98 Å². The van der Waals surface area contributed by atoms with Crippen LogP contribution in [0.4, 0.5) is 0 Å². The summed E-state index contributed by atoms with van der Waals surface area (Å²) in [5.74, 6) is 0.0347. The van der Waals surface area contributed by atoms with Crippen LogP contribution in [0.3, 0.4) is 0 Å². The molecule has 2 rings (SSSR count). The number of halogens is 1. The molecule has 1 aromatic carbocycles. The molecule has 0 aliphatic rings. The van der Waals surface area contributed by atoms with Crippen LogP contribution in [0, 0.1) is 12.8 Å². The summed E-state index contributed by atoms with van der Waals surface area (Å²) < 4.78 is 0. The zero-order valence-electron chi connectivity index (χ0n) is 13.5. The number of hydrogen-bond acceptors (Lipinski definition) is 4. The predicted molar refractivity (Wildman–Crippen MR) is 95.1 cm³/mol. The Morgan fingerprint density at radius 2 is 2.04 bits per heavy atom. The van der Waals surface area contributed by atoms with Gasteiger partial charge in [0.05, 0.1) is 18.3 Å². The molecule has 1 amide bonds. The maximum atomic E-state index is 12.5. The molecule has 0 unspecified atom stereocenters. The second-order valence-corrected chi connectivity index (χ2v) is 7.02. The SMILES string of the molecule is CC[C@@H](C)[C@@H](CO)NC(=O)c1sc(-c2ccc(Cl)cc2)nc1C. The topological polar surface area (TPSA) is 62.2 Å². The minimum absolute atomic E-state index is 0.0668. The molecule has 0 fully saturated rings. The van der Waals surface area contributed by atoms with Gasteiger partial charge in [0.1, 0.15) is 9.88 Å². The van der Waals surface area contributed by atoms with Crippen molar-refractivity contribution in [1.29, 1.82) is 0 Å². The third-order valence-corrected chi connectivity index (χ3v) is 5.40. The van der Waals surface area contributed by atoms with Crippen LogP contribution in [0.15, 0.2) is 24.3 Å². The summed E-state index contributed by atoms with van der Waals surface area (Å²) in [5.41, 5.74) is 1.63. The summed E-state index contributed by atoms with van der Waals surface area (Å²) >= 11 is 7.25. The molecule has 0 saturated heterocycles. The largest absolute Gasteiger partial charge is 0.394 e. The van der Waals surface area contributed by atoms with E-state index < -0.39 is 0 Å². The van der Waals surface area contributed by atoms with Crippen LogP contribution >= 0.6 is 22.9 Å². The molecule has 2 atom stereocenters. The minimum Gasteiger partial charge on any atom is -0.394 e. The molecular weight excluding hydrogens is 332 g/mol. The van der Waals surface area contributed by atoms with Gasteiger partial charge < -0.3 is 10.4 Å². The van der Waals surface area contributed by atoms with Crippen LogP contribution in [0.1, 0.15) is 35.6 Å². The summed E-state index contributed by atoms with van der Waals surface area (Å²) in [5, 5.41) is 13.8. The van der Waals surface area contributed by atoms with Gasteiger partial charge in [-0.3, -0.25) is 4.79 Å². The first-order valence-electron chi connectivity index (χ1n) is 7.61. The van der Waals surface area contributed by atoms with E-state index in [4.69, 9.17) is 11.6 Å². The van der Waals surface area contributed by atoms with Crippen LogP contribution in [0.5, 0.6) is 0 Å². The van der Waals surface area contributed by atoms with Crippen LogP contribution in [-0.4, -0.2) is 28.6 Å². The number of rotatable bonds is 6. The number of aromatic nitrogens is 1. The molecule has 0 radical (unpaired) electrons. The fourth-order valence-electron chi connectivity index (χ4n) is 2.21. The first kappa shape index (κ1) is 17.9. The van der Waals surface area contributed by atoms with Crippen LogP contribution < -0.4 is 5.32 Å². The van der Waals surface area contributed by atoms with E-state index in [2.05, 4.69) is 10.3 Å². The average molecular weight is 353 g/mol. The number of carbonyl (C=O) groups is 1. The Balaban J connectivity index is 2.20. The van der Waals surface area contributed by atoms with E-state index in [0.717, 1.165) is 17.0 Å². The zero-order valence-corrected chi connectivity index (χ0v) is 15.0. The van der Waals surface area contributed by atoms with Gasteiger partial charge in [0.2, 0.25) is 0 Å². The second kappa shape index (κ2) is 7.90. The lowest BCUT2D eigenvalue weighted by Gasteiger charge is -2.21. The number of nitrogens with zero attached hydrogens (tertiary/aromatic N) is 1. The number of aliphatic hydroxyl groups excluding tert-OH is 1. The first-order chi connectivity index (χ1) is 11.0. The van der Waals surface area contributed by atoms with E-state index in [1.54, 1.807) is 12.1 Å². The van der Waals surface area contributed by atoms with E-state index in [1.165, 1.54) is 11.3 Å². The van der Waals surface area contributed by atoms with Crippen molar-refractivity contribution in [3.63, 3.8) is 0 Å². The molecule has 2 N–H and O–H groups in total. The number of amides is 1. The molecule has 23 heavy (non-hydrogen) atoms. The molecule has 0 saturated carbocycles. The van der Waals surface area contributed by atoms with Gasteiger partial charge in [0, 0.05) is 10.6 Å². The van der Waals surface area contributed by atoms with Crippen molar-refractivity contribution in [1.82, 2.24) is 10.3 Å². The maximum absolute atomic E-state index is 12.5. The van der Waals surface area contributed by atoms with Gasteiger partial charge in [0.25, 0.3) is 5.91 Å². The normalized spacial score (nSPS) is 13.6. The highest BCUT2D eigenvalue weighted by Crippen LogP contribution is 2.29. The summed E-state index contributed by atoms with van der Waals surface area (Å²) in [6, 6.07) is 7.14. The Morgan fingerprint density at radius 1 is 1.39 bits per heavy atom. The van der Waals surface area contributed by atoms with Crippen LogP contribution in [0.25, 0.3) is 10.6 Å². The standard InChI is InChI=1S/C17H21ClN2O2S/c1-4-10(2)14(9-21)20-16(22)15-11(3)19-17(23-15)12-5-7-13(18)8-6-12/h5-8,10,14,21H,4,9H2,1-3H3,(H,20,22)/t10-,14-/m1/s1. The summed E-state index contributed by atoms with van der Waals surface area (Å²) in [6.07, 6.45) is 0.892. The maximum Gasteiger partial charge on any atom is 0.263 e. The highest BCUT2D eigenvalue weighted by molar-refractivity contribution is 7.17. The summed E-state index contributed by atoms with van der Waals surface area (Å²) in [4.78, 5) is 17.5. The Morgan fingerprint density at radius 3 is 2.61 bits per heavy atom. The minimum atomic E-state index is -0.243. The lowest BCUT2D eigenvalue weighted by Crippen LogP contribution is -2.41. The number of aliphatic hydroxyl groups is 1. The van der Waals surface area contributed by atoms with Crippen molar-refractivity contribution in [2.75, 3.05) is 6.61 Å². The molecule has 4 nitrogen and oxygen atoms in total. The van der Waals surface area contributed by atoms with Crippen molar-refractivity contribution in [3.05, 3.63) is 39.9 Å². The average Bonchev–Trinajstić information content (AvgIpc) is 2.94. The van der Waals surface area contributed by atoms with Crippen molar-refractivity contribution in [2.24, 2.45) is 5.92 Å². The lowest BCUT2D eigenvalue weighted by molar-refractivity contribution is 0.0895. The van der Waals surface area contributed by atoms with Crippen molar-refractivity contribution >= 4 is 28.8 Å². The third-order valence-electron chi connectivity index (χ3n) is 3.94. The summed E-state index contributed by atoms with van der Waals surface area (Å²) in [7, 11) is 0. The Hall–Kier alpha value is -1.43. The van der Waals surface area contributed by atoms with Gasteiger partial charge in [-0.05, 0) is 25.0 Å². The highest BCUT2D eigenvalue weighted by atomic mass is 35.5. The zero-order chi connectivity index (χ0) is 17.0. The molecule has 0 aliphatic heterocycles. The fourth-order valence-corrected chi connectivity index (χ4v) is 3.31. The van der Waals surface area contributed by atoms with Crippen LogP contribution in [-0.2, 0) is 0 Å². The molecule has 0 bridgehead atoms. The second-order valence-electron chi connectivity index (χ2n) is 5.59. The number of nitrogens with one attached hydrogen (secondary N) is 1. The number of aryl methyl sites for hydroxylation is 1. The van der Waals surface area contributed by atoms with E-state index in [1.807, 2.05) is 32.9 Å². The van der Waals surface area contributed by atoms with Gasteiger partial charge in [-0.2, -0.15) is 0 Å². The monoisotopic (exact) mass is 352 g/mol. The predicted octanol–water partition coefficient (Wildman–Crippen LogP) is 3.91. The first-order valence-corrected chi connectivity index (χ1v) is 8.80. The van der Waals surface area contributed by atoms with Gasteiger partial charge in [0.15, 0.2) is 0 Å². The quantitative estimate of drug-likeness (QED) is 0.828. The third kappa shape index (κ3) is 4.31. The molecule has 2 aromatic rings. The van der Waals surface area contributed by atoms with Crippen LogP contribution in [0.2, 0.25) is 5.02 Å². The molecule has 1 aromatic heterocycles. The van der Waals surface area contributed by atoms with Gasteiger partial charge in [-0.1, -0.05) is 44.0 Å². The molecule has 6 heteroatoms. The number of thiazole rings is 1.